The Morgan fingerprint density at radius 2 is 0.702 bits per heavy atom. The van der Waals surface area contributed by atoms with Crippen LogP contribution in [0.1, 0.15) is 0 Å². The number of hydrogen-bond acceptors (Lipinski definition) is 3. The van der Waals surface area contributed by atoms with Crippen LogP contribution in [0.2, 0.25) is 0 Å². The van der Waals surface area contributed by atoms with E-state index in [0.29, 0.717) is 0 Å². The highest BCUT2D eigenvalue weighted by atomic mass is 16.3. The molecule has 0 spiro atoms. The lowest BCUT2D eigenvalue weighted by Gasteiger charge is -2.26. The van der Waals surface area contributed by atoms with Crippen LogP contribution in [0.25, 0.3) is 88.4 Å². The zero-order valence-electron chi connectivity index (χ0n) is 31.0. The fourth-order valence-electron chi connectivity index (χ4n) is 8.30. The van der Waals surface area contributed by atoms with Gasteiger partial charge in [-0.3, -0.25) is 0 Å². The maximum absolute atomic E-state index is 6.73. The van der Waals surface area contributed by atoms with Gasteiger partial charge < -0.3 is 13.7 Å². The minimum Gasteiger partial charge on any atom is -0.456 e. The number of benzene rings is 9. The Labute approximate surface area is 330 Å². The van der Waals surface area contributed by atoms with Crippen LogP contribution in [0.15, 0.2) is 221 Å². The quantitative estimate of drug-likeness (QED) is 0.164. The van der Waals surface area contributed by atoms with Crippen LogP contribution in [-0.4, -0.2) is 0 Å². The lowest BCUT2D eigenvalue weighted by molar-refractivity contribution is 0.663. The molecule has 57 heavy (non-hydrogen) atoms. The average Bonchev–Trinajstić information content (AvgIpc) is 3.86. The second kappa shape index (κ2) is 13.6. The van der Waals surface area contributed by atoms with Gasteiger partial charge in [0.2, 0.25) is 0 Å². The van der Waals surface area contributed by atoms with Crippen molar-refractivity contribution in [1.29, 1.82) is 0 Å². The average molecular weight is 730 g/mol. The van der Waals surface area contributed by atoms with E-state index < -0.39 is 0 Å². The second-order valence-corrected chi connectivity index (χ2v) is 14.5. The summed E-state index contributed by atoms with van der Waals surface area (Å²) in [6, 6.07) is 75.1. The van der Waals surface area contributed by atoms with E-state index in [2.05, 4.69) is 193 Å². The number of fused-ring (bicyclic) bond motifs is 7. The number of furan rings is 2. The number of hydrogen-bond donors (Lipinski definition) is 0. The summed E-state index contributed by atoms with van der Waals surface area (Å²) in [7, 11) is 0. The van der Waals surface area contributed by atoms with Crippen molar-refractivity contribution in [3.63, 3.8) is 0 Å². The molecule has 3 heteroatoms. The first-order valence-electron chi connectivity index (χ1n) is 19.3. The van der Waals surface area contributed by atoms with Gasteiger partial charge in [0.25, 0.3) is 0 Å². The first kappa shape index (κ1) is 32.8. The van der Waals surface area contributed by atoms with E-state index in [1.807, 2.05) is 24.3 Å². The van der Waals surface area contributed by atoms with Crippen LogP contribution in [0.3, 0.4) is 0 Å². The molecule has 2 heterocycles. The van der Waals surface area contributed by atoms with Crippen molar-refractivity contribution in [3.8, 4) is 44.5 Å². The van der Waals surface area contributed by atoms with Gasteiger partial charge in [0.15, 0.2) is 0 Å². The van der Waals surface area contributed by atoms with Crippen molar-refractivity contribution in [2.45, 2.75) is 0 Å². The van der Waals surface area contributed by atoms with Crippen molar-refractivity contribution < 1.29 is 8.83 Å². The Morgan fingerprint density at radius 1 is 0.281 bits per heavy atom. The molecule has 0 saturated carbocycles. The molecule has 11 aromatic rings. The minimum atomic E-state index is 0.848. The molecule has 0 fully saturated rings. The topological polar surface area (TPSA) is 29.5 Å². The molecule has 0 aliphatic heterocycles. The lowest BCUT2D eigenvalue weighted by atomic mass is 9.94. The van der Waals surface area contributed by atoms with Crippen LogP contribution in [-0.2, 0) is 0 Å². The van der Waals surface area contributed by atoms with Crippen LogP contribution in [0.5, 0.6) is 0 Å². The minimum absolute atomic E-state index is 0.848. The molecule has 11 rings (SSSR count). The molecule has 2 aromatic heterocycles. The van der Waals surface area contributed by atoms with Gasteiger partial charge >= 0.3 is 0 Å². The number of rotatable bonds is 7. The standard InChI is InChI=1S/C54H35NO2/c1-4-12-36(13-5-1)38-20-26-43(27-21-38)55(44-28-22-39(23-29-44)37-14-6-2-7-15-37)45-30-24-40(25-31-45)42-34-47(41-16-8-3-9-17-41)54-48(35-42)53-51(57-54)33-32-50-52(53)46-18-10-11-19-49(46)56-50/h1-35H. The third-order valence-corrected chi connectivity index (χ3v) is 11.1. The third-order valence-electron chi connectivity index (χ3n) is 11.1. The fourth-order valence-corrected chi connectivity index (χ4v) is 8.30. The zero-order valence-corrected chi connectivity index (χ0v) is 31.0. The molecule has 0 bridgehead atoms. The van der Waals surface area contributed by atoms with Crippen molar-refractivity contribution >= 4 is 60.9 Å². The number of anilines is 3. The molecule has 9 aromatic carbocycles. The summed E-state index contributed by atoms with van der Waals surface area (Å²) < 4.78 is 13.1. The van der Waals surface area contributed by atoms with Gasteiger partial charge in [0.1, 0.15) is 22.3 Å². The molecule has 0 N–H and O–H groups in total. The highest BCUT2D eigenvalue weighted by Gasteiger charge is 2.20. The van der Waals surface area contributed by atoms with Gasteiger partial charge in [-0.15, -0.1) is 0 Å². The molecule has 0 aliphatic rings. The SMILES string of the molecule is c1ccc(-c2ccc(N(c3ccc(-c4ccccc4)cc3)c3ccc(-c4cc(-c5ccccc5)c5oc6ccc7oc8ccccc8c7c6c5c4)cc3)cc2)cc1. The molecule has 3 nitrogen and oxygen atoms in total. The van der Waals surface area contributed by atoms with Crippen LogP contribution in [0.4, 0.5) is 17.1 Å². The fraction of sp³-hybridized carbons (Fsp3) is 0. The molecule has 268 valence electrons. The van der Waals surface area contributed by atoms with Crippen molar-refractivity contribution in [3.05, 3.63) is 212 Å². The van der Waals surface area contributed by atoms with Gasteiger partial charge in [0, 0.05) is 44.2 Å². The molecule has 0 atom stereocenters. The van der Waals surface area contributed by atoms with E-state index in [1.165, 1.54) is 22.3 Å². The maximum atomic E-state index is 6.73. The van der Waals surface area contributed by atoms with Gasteiger partial charge in [-0.25, -0.2) is 0 Å². The van der Waals surface area contributed by atoms with Crippen molar-refractivity contribution in [1.82, 2.24) is 0 Å². The largest absolute Gasteiger partial charge is 0.456 e. The van der Waals surface area contributed by atoms with E-state index in [1.54, 1.807) is 0 Å². The van der Waals surface area contributed by atoms with Gasteiger partial charge in [0.05, 0.1) is 0 Å². The second-order valence-electron chi connectivity index (χ2n) is 14.5. The summed E-state index contributed by atoms with van der Waals surface area (Å²) >= 11 is 0. The predicted octanol–water partition coefficient (Wildman–Crippen LogP) is 15.6. The molecule has 0 aliphatic carbocycles. The van der Waals surface area contributed by atoms with E-state index in [9.17, 15) is 0 Å². The summed E-state index contributed by atoms with van der Waals surface area (Å²) in [5.74, 6) is 0. The van der Waals surface area contributed by atoms with Crippen LogP contribution < -0.4 is 4.90 Å². The van der Waals surface area contributed by atoms with Gasteiger partial charge in [-0.05, 0) is 106 Å². The van der Waals surface area contributed by atoms with Gasteiger partial charge in [-0.2, -0.15) is 0 Å². The molecular formula is C54H35NO2. The maximum Gasteiger partial charge on any atom is 0.143 e. The Kier molecular flexibility index (Phi) is 7.82. The van der Waals surface area contributed by atoms with E-state index >= 15 is 0 Å². The molecule has 0 unspecified atom stereocenters. The van der Waals surface area contributed by atoms with Crippen LogP contribution >= 0.6 is 0 Å². The summed E-state index contributed by atoms with van der Waals surface area (Å²) in [5, 5.41) is 4.32. The van der Waals surface area contributed by atoms with Gasteiger partial charge in [-0.1, -0.05) is 146 Å². The predicted molar refractivity (Wildman–Crippen MR) is 237 cm³/mol. The first-order chi connectivity index (χ1) is 28.2. The van der Waals surface area contributed by atoms with Crippen molar-refractivity contribution in [2.75, 3.05) is 4.90 Å². The highest BCUT2D eigenvalue weighted by molar-refractivity contribution is 6.27. The lowest BCUT2D eigenvalue weighted by Crippen LogP contribution is -2.09. The number of nitrogens with zero attached hydrogens (tertiary/aromatic N) is 1. The summed E-state index contributed by atoms with van der Waals surface area (Å²) in [5.41, 5.74) is 15.9. The van der Waals surface area contributed by atoms with Crippen molar-refractivity contribution in [2.24, 2.45) is 0 Å². The van der Waals surface area contributed by atoms with E-state index in [-0.39, 0.29) is 0 Å². The Balaban J connectivity index is 1.05. The summed E-state index contributed by atoms with van der Waals surface area (Å²) in [6.45, 7) is 0. The Morgan fingerprint density at radius 3 is 1.25 bits per heavy atom. The normalized spacial score (nSPS) is 11.5. The van der Waals surface area contributed by atoms with Crippen LogP contribution in [0, 0.1) is 0 Å². The molecule has 0 radical (unpaired) electrons. The highest BCUT2D eigenvalue weighted by Crippen LogP contribution is 2.45. The molecule has 0 amide bonds. The molecule has 0 saturated heterocycles. The summed E-state index contributed by atoms with van der Waals surface area (Å²) in [6.07, 6.45) is 0. The molecular weight excluding hydrogens is 695 g/mol. The zero-order chi connectivity index (χ0) is 37.7. The van der Waals surface area contributed by atoms with E-state index in [4.69, 9.17) is 8.83 Å². The summed E-state index contributed by atoms with van der Waals surface area (Å²) in [4.78, 5) is 2.33. The monoisotopic (exact) mass is 729 g/mol. The van der Waals surface area contributed by atoms with E-state index in [0.717, 1.165) is 83.2 Å². The Hall–Kier alpha value is -7.62. The number of para-hydroxylation sites is 1. The Bertz CT molecular complexity index is 3100. The smallest absolute Gasteiger partial charge is 0.143 e. The third kappa shape index (κ3) is 5.76. The first-order valence-corrected chi connectivity index (χ1v) is 19.3.